The summed E-state index contributed by atoms with van der Waals surface area (Å²) in [5.41, 5.74) is 1.67. The molecule has 2 aromatic heterocycles. The monoisotopic (exact) mass is 237 g/mol. The van der Waals surface area contributed by atoms with Crippen LogP contribution in [-0.4, -0.2) is 26.8 Å². The number of hydrogen-bond donors (Lipinski definition) is 1. The fourth-order valence-electron chi connectivity index (χ4n) is 1.31. The van der Waals surface area contributed by atoms with Crippen molar-refractivity contribution < 1.29 is 0 Å². The molecule has 0 aromatic carbocycles. The van der Waals surface area contributed by atoms with Gasteiger partial charge in [-0.1, -0.05) is 11.6 Å². The van der Waals surface area contributed by atoms with E-state index < -0.39 is 0 Å². The van der Waals surface area contributed by atoms with E-state index in [1.165, 1.54) is 0 Å². The van der Waals surface area contributed by atoms with E-state index in [1.807, 2.05) is 6.92 Å². The van der Waals surface area contributed by atoms with Gasteiger partial charge in [-0.15, -0.1) is 0 Å². The number of aromatic nitrogens is 4. The van der Waals surface area contributed by atoms with Gasteiger partial charge in [-0.3, -0.25) is 9.67 Å². The summed E-state index contributed by atoms with van der Waals surface area (Å²) in [5.74, 6) is 0.749. The first kappa shape index (κ1) is 10.9. The van der Waals surface area contributed by atoms with E-state index in [-0.39, 0.29) is 0 Å². The highest BCUT2D eigenvalue weighted by atomic mass is 35.5. The molecule has 2 aromatic rings. The summed E-state index contributed by atoms with van der Waals surface area (Å²) >= 11 is 5.91. The molecule has 84 valence electrons. The van der Waals surface area contributed by atoms with Crippen LogP contribution in [0.5, 0.6) is 0 Å². The fourth-order valence-corrected chi connectivity index (χ4v) is 1.46. The van der Waals surface area contributed by atoms with Crippen LogP contribution in [0.3, 0.4) is 0 Å². The van der Waals surface area contributed by atoms with E-state index in [1.54, 1.807) is 30.3 Å². The van der Waals surface area contributed by atoms with Crippen molar-refractivity contribution in [1.82, 2.24) is 19.7 Å². The first-order valence-electron chi connectivity index (χ1n) is 4.87. The second kappa shape index (κ2) is 4.49. The maximum Gasteiger partial charge on any atom is 0.144 e. The zero-order valence-corrected chi connectivity index (χ0v) is 9.86. The maximum atomic E-state index is 5.91. The molecule has 2 rings (SSSR count). The molecule has 6 heteroatoms. The average Bonchev–Trinajstić information content (AvgIpc) is 2.59. The van der Waals surface area contributed by atoms with E-state index >= 15 is 0 Å². The van der Waals surface area contributed by atoms with Crippen molar-refractivity contribution in [2.45, 2.75) is 13.5 Å². The molecule has 16 heavy (non-hydrogen) atoms. The predicted octanol–water partition coefficient (Wildman–Crippen LogP) is 1.72. The van der Waals surface area contributed by atoms with Crippen molar-refractivity contribution in [3.63, 3.8) is 0 Å². The number of nitrogens with zero attached hydrogens (tertiary/aromatic N) is 4. The maximum absolute atomic E-state index is 5.91. The van der Waals surface area contributed by atoms with Crippen molar-refractivity contribution in [2.24, 2.45) is 0 Å². The van der Waals surface area contributed by atoms with Gasteiger partial charge in [-0.05, 0) is 6.92 Å². The van der Waals surface area contributed by atoms with Crippen molar-refractivity contribution in [2.75, 3.05) is 12.4 Å². The third kappa shape index (κ3) is 2.30. The summed E-state index contributed by atoms with van der Waals surface area (Å²) in [4.78, 5) is 8.43. The molecule has 0 aliphatic carbocycles. The standard InChI is InChI=1S/C10H12ClN5/c1-7-9(11)6-16(15-7)5-8-3-14-10(12-2)4-13-8/h3-4,6H,5H2,1-2H3,(H,12,14). The van der Waals surface area contributed by atoms with Crippen molar-refractivity contribution in [3.05, 3.63) is 35.0 Å². The van der Waals surface area contributed by atoms with Crippen molar-refractivity contribution >= 4 is 17.4 Å². The molecular formula is C10H12ClN5. The highest BCUT2D eigenvalue weighted by Gasteiger charge is 2.03. The third-order valence-corrected chi connectivity index (χ3v) is 2.54. The first-order chi connectivity index (χ1) is 7.69. The Morgan fingerprint density at radius 1 is 1.38 bits per heavy atom. The summed E-state index contributed by atoms with van der Waals surface area (Å²) < 4.78 is 1.75. The Labute approximate surface area is 98.5 Å². The number of halogens is 1. The number of aryl methyl sites for hydroxylation is 1. The molecule has 1 N–H and O–H groups in total. The van der Waals surface area contributed by atoms with Crippen LogP contribution in [0, 0.1) is 6.92 Å². The van der Waals surface area contributed by atoms with Crippen molar-refractivity contribution in [1.29, 1.82) is 0 Å². The predicted molar refractivity (Wildman–Crippen MR) is 62.7 cm³/mol. The van der Waals surface area contributed by atoms with Gasteiger partial charge < -0.3 is 5.32 Å². The molecule has 0 bridgehead atoms. The van der Waals surface area contributed by atoms with Crippen LogP contribution in [-0.2, 0) is 6.54 Å². The van der Waals surface area contributed by atoms with Crippen LogP contribution in [0.15, 0.2) is 18.6 Å². The lowest BCUT2D eigenvalue weighted by Crippen LogP contribution is -2.04. The van der Waals surface area contributed by atoms with Crippen LogP contribution in [0.4, 0.5) is 5.82 Å². The van der Waals surface area contributed by atoms with Gasteiger partial charge in [0.1, 0.15) is 5.82 Å². The molecular weight excluding hydrogens is 226 g/mol. The van der Waals surface area contributed by atoms with Gasteiger partial charge in [0.25, 0.3) is 0 Å². The Morgan fingerprint density at radius 3 is 2.69 bits per heavy atom. The molecule has 0 fully saturated rings. The van der Waals surface area contributed by atoms with Gasteiger partial charge in [0.15, 0.2) is 0 Å². The lowest BCUT2D eigenvalue weighted by molar-refractivity contribution is 0.663. The topological polar surface area (TPSA) is 55.6 Å². The van der Waals surface area contributed by atoms with Gasteiger partial charge in [0.2, 0.25) is 0 Å². The molecule has 0 aliphatic rings. The van der Waals surface area contributed by atoms with Crippen LogP contribution in [0.1, 0.15) is 11.4 Å². The molecule has 5 nitrogen and oxygen atoms in total. The molecule has 0 saturated carbocycles. The zero-order valence-electron chi connectivity index (χ0n) is 9.11. The van der Waals surface area contributed by atoms with E-state index in [2.05, 4.69) is 20.4 Å². The Balaban J connectivity index is 2.14. The Bertz CT molecular complexity index is 457. The number of hydrogen-bond acceptors (Lipinski definition) is 4. The van der Waals surface area contributed by atoms with Gasteiger partial charge in [-0.2, -0.15) is 5.10 Å². The summed E-state index contributed by atoms with van der Waals surface area (Å²) in [6, 6.07) is 0. The van der Waals surface area contributed by atoms with Gasteiger partial charge in [-0.25, -0.2) is 4.98 Å². The summed E-state index contributed by atoms with van der Waals surface area (Å²) in [6.07, 6.45) is 5.19. The molecule has 0 aliphatic heterocycles. The minimum Gasteiger partial charge on any atom is -0.372 e. The van der Waals surface area contributed by atoms with E-state index in [9.17, 15) is 0 Å². The van der Waals surface area contributed by atoms with Gasteiger partial charge >= 0.3 is 0 Å². The van der Waals surface area contributed by atoms with E-state index in [4.69, 9.17) is 11.6 Å². The summed E-state index contributed by atoms with van der Waals surface area (Å²) in [7, 11) is 1.81. The summed E-state index contributed by atoms with van der Waals surface area (Å²) in [6.45, 7) is 2.44. The molecule has 0 saturated heterocycles. The number of rotatable bonds is 3. The Kier molecular flexibility index (Phi) is 3.05. The molecule has 0 unspecified atom stereocenters. The quantitative estimate of drug-likeness (QED) is 0.883. The second-order valence-corrected chi connectivity index (χ2v) is 3.81. The minimum absolute atomic E-state index is 0.574. The lowest BCUT2D eigenvalue weighted by Gasteiger charge is -2.02. The van der Waals surface area contributed by atoms with E-state index in [0.717, 1.165) is 17.2 Å². The fraction of sp³-hybridized carbons (Fsp3) is 0.300. The van der Waals surface area contributed by atoms with Crippen molar-refractivity contribution in [3.8, 4) is 0 Å². The highest BCUT2D eigenvalue weighted by Crippen LogP contribution is 2.12. The van der Waals surface area contributed by atoms with Gasteiger partial charge in [0.05, 0.1) is 35.3 Å². The smallest absolute Gasteiger partial charge is 0.144 e. The average molecular weight is 238 g/mol. The van der Waals surface area contributed by atoms with Crippen LogP contribution in [0.25, 0.3) is 0 Å². The third-order valence-electron chi connectivity index (χ3n) is 2.17. The highest BCUT2D eigenvalue weighted by molar-refractivity contribution is 6.31. The first-order valence-corrected chi connectivity index (χ1v) is 5.25. The Hall–Kier alpha value is -1.62. The minimum atomic E-state index is 0.574. The Morgan fingerprint density at radius 2 is 2.19 bits per heavy atom. The lowest BCUT2D eigenvalue weighted by atomic mass is 10.4. The van der Waals surface area contributed by atoms with Crippen LogP contribution in [0.2, 0.25) is 5.02 Å². The number of anilines is 1. The molecule has 0 amide bonds. The SMILES string of the molecule is CNc1cnc(Cn2cc(Cl)c(C)n2)cn1. The summed E-state index contributed by atoms with van der Waals surface area (Å²) in [5, 5.41) is 7.83. The van der Waals surface area contributed by atoms with Crippen LogP contribution >= 0.6 is 11.6 Å². The van der Waals surface area contributed by atoms with E-state index in [0.29, 0.717) is 11.6 Å². The largest absolute Gasteiger partial charge is 0.372 e. The molecule has 0 spiro atoms. The molecule has 0 atom stereocenters. The normalized spacial score (nSPS) is 10.4. The van der Waals surface area contributed by atoms with Crippen LogP contribution < -0.4 is 5.32 Å². The van der Waals surface area contributed by atoms with Gasteiger partial charge in [0, 0.05) is 13.2 Å². The molecule has 2 heterocycles. The second-order valence-electron chi connectivity index (χ2n) is 3.40. The zero-order chi connectivity index (χ0) is 11.5. The molecule has 0 radical (unpaired) electrons. The number of nitrogens with one attached hydrogen (secondary N) is 1.